The van der Waals surface area contributed by atoms with E-state index in [1.165, 1.54) is 6.20 Å². The first-order valence-corrected chi connectivity index (χ1v) is 5.00. The molecule has 0 aromatic carbocycles. The van der Waals surface area contributed by atoms with Crippen molar-refractivity contribution in [3.05, 3.63) is 36.0 Å². The highest BCUT2D eigenvalue weighted by Gasteiger charge is 2.12. The third-order valence-electron chi connectivity index (χ3n) is 1.86. The number of hydrogen-bond donors (Lipinski definition) is 2. The van der Waals surface area contributed by atoms with Crippen LogP contribution in [0.25, 0.3) is 10.4 Å². The second-order valence-electron chi connectivity index (χ2n) is 2.86. The van der Waals surface area contributed by atoms with E-state index in [1.54, 1.807) is 23.6 Å². The molecule has 2 N–H and O–H groups in total. The number of rotatable bonds is 2. The zero-order chi connectivity index (χ0) is 9.97. The van der Waals surface area contributed by atoms with E-state index in [9.17, 15) is 0 Å². The lowest BCUT2D eigenvalue weighted by molar-refractivity contribution is 0.425. The Kier molecular flexibility index (Phi) is 2.63. The minimum absolute atomic E-state index is 0.413. The van der Waals surface area contributed by atoms with Gasteiger partial charge < -0.3 is 10.0 Å². The fourth-order valence-corrected chi connectivity index (χ4v) is 1.89. The Morgan fingerprint density at radius 2 is 2.14 bits per heavy atom. The highest BCUT2D eigenvalue weighted by atomic mass is 32.1. The first kappa shape index (κ1) is 9.39. The van der Waals surface area contributed by atoms with Crippen LogP contribution in [0.5, 0.6) is 0 Å². The summed E-state index contributed by atoms with van der Waals surface area (Å²) < 4.78 is 0. The molecule has 0 saturated heterocycles. The number of hydrogen-bond acceptors (Lipinski definition) is 4. The van der Waals surface area contributed by atoms with E-state index in [2.05, 4.69) is 4.98 Å². The Morgan fingerprint density at radius 3 is 2.79 bits per heavy atom. The average Bonchev–Trinajstić information content (AvgIpc) is 2.71. The van der Waals surface area contributed by atoms with Crippen molar-refractivity contribution in [1.29, 1.82) is 0 Å². The predicted molar refractivity (Wildman–Crippen MR) is 57.4 cm³/mol. The summed E-state index contributed by atoms with van der Waals surface area (Å²) in [6.07, 6.45) is 3.15. The Hall–Kier alpha value is -1.17. The topological polar surface area (TPSA) is 53.4 Å². The zero-order valence-electron chi connectivity index (χ0n) is 7.29. The third-order valence-corrected chi connectivity index (χ3v) is 2.78. The van der Waals surface area contributed by atoms with Gasteiger partial charge in [-0.3, -0.25) is 4.98 Å². The molecular weight excluding hydrogens is 197 g/mol. The van der Waals surface area contributed by atoms with E-state index in [1.807, 2.05) is 17.5 Å². The van der Waals surface area contributed by atoms with Crippen LogP contribution < -0.4 is 5.46 Å². The summed E-state index contributed by atoms with van der Waals surface area (Å²) in [5.74, 6) is 0. The van der Waals surface area contributed by atoms with Crippen molar-refractivity contribution in [1.82, 2.24) is 4.98 Å². The maximum absolute atomic E-state index is 8.96. The Bertz CT molecular complexity index is 417. The van der Waals surface area contributed by atoms with Crippen molar-refractivity contribution in [3.63, 3.8) is 0 Å². The van der Waals surface area contributed by atoms with Gasteiger partial charge in [0.2, 0.25) is 0 Å². The van der Waals surface area contributed by atoms with Crippen molar-refractivity contribution in [2.75, 3.05) is 0 Å². The highest BCUT2D eigenvalue weighted by Crippen LogP contribution is 2.22. The van der Waals surface area contributed by atoms with Crippen LogP contribution in [0.3, 0.4) is 0 Å². The maximum Gasteiger partial charge on any atom is 0.490 e. The maximum atomic E-state index is 8.96. The van der Waals surface area contributed by atoms with Gasteiger partial charge in [0.15, 0.2) is 0 Å². The second kappa shape index (κ2) is 3.92. The van der Waals surface area contributed by atoms with Gasteiger partial charge in [-0.05, 0) is 11.4 Å². The number of pyridine rings is 1. The molecule has 0 aliphatic rings. The van der Waals surface area contributed by atoms with Crippen molar-refractivity contribution < 1.29 is 10.0 Å². The van der Waals surface area contributed by atoms with Gasteiger partial charge in [-0.2, -0.15) is 0 Å². The van der Waals surface area contributed by atoms with E-state index in [-0.39, 0.29) is 0 Å². The molecule has 2 aromatic heterocycles. The summed E-state index contributed by atoms with van der Waals surface area (Å²) in [4.78, 5) is 5.02. The molecule has 0 amide bonds. The summed E-state index contributed by atoms with van der Waals surface area (Å²) in [7, 11) is -1.46. The first-order valence-electron chi connectivity index (χ1n) is 4.12. The van der Waals surface area contributed by atoms with E-state index in [0.29, 0.717) is 5.46 Å². The molecular formula is C9H8BNO2S. The lowest BCUT2D eigenvalue weighted by Gasteiger charge is -2.01. The molecule has 70 valence electrons. The van der Waals surface area contributed by atoms with Gasteiger partial charge in [0.1, 0.15) is 0 Å². The molecule has 2 aromatic rings. The van der Waals surface area contributed by atoms with Crippen molar-refractivity contribution >= 4 is 23.9 Å². The van der Waals surface area contributed by atoms with E-state index in [4.69, 9.17) is 10.0 Å². The minimum atomic E-state index is -1.46. The van der Waals surface area contributed by atoms with Crippen LogP contribution in [0, 0.1) is 0 Å². The molecule has 14 heavy (non-hydrogen) atoms. The van der Waals surface area contributed by atoms with Gasteiger partial charge in [0.05, 0.1) is 0 Å². The number of nitrogens with zero attached hydrogens (tertiary/aromatic N) is 1. The molecule has 0 spiro atoms. The van der Waals surface area contributed by atoms with Crippen molar-refractivity contribution in [2.45, 2.75) is 0 Å². The SMILES string of the molecule is OB(O)c1cncc(-c2cccs2)c1. The average molecular weight is 205 g/mol. The van der Waals surface area contributed by atoms with Crippen LogP contribution in [0.4, 0.5) is 0 Å². The van der Waals surface area contributed by atoms with E-state index >= 15 is 0 Å². The van der Waals surface area contributed by atoms with Gasteiger partial charge in [0, 0.05) is 28.3 Å². The summed E-state index contributed by atoms with van der Waals surface area (Å²) in [6, 6.07) is 5.64. The Morgan fingerprint density at radius 1 is 1.29 bits per heavy atom. The molecule has 3 nitrogen and oxygen atoms in total. The molecule has 5 heteroatoms. The Labute approximate surface area is 85.8 Å². The quantitative estimate of drug-likeness (QED) is 0.701. The van der Waals surface area contributed by atoms with Gasteiger partial charge in [-0.15, -0.1) is 11.3 Å². The van der Waals surface area contributed by atoms with Gasteiger partial charge in [-0.25, -0.2) is 0 Å². The summed E-state index contributed by atoms with van der Waals surface area (Å²) >= 11 is 1.59. The van der Waals surface area contributed by atoms with Crippen LogP contribution in [-0.2, 0) is 0 Å². The Balaban J connectivity index is 2.41. The van der Waals surface area contributed by atoms with Crippen LogP contribution in [0.1, 0.15) is 0 Å². The van der Waals surface area contributed by atoms with Crippen molar-refractivity contribution in [3.8, 4) is 10.4 Å². The normalized spacial score (nSPS) is 10.1. The second-order valence-corrected chi connectivity index (χ2v) is 3.81. The predicted octanol–water partition coefficient (Wildman–Crippen LogP) is 0.490. The van der Waals surface area contributed by atoms with Crippen LogP contribution in [-0.4, -0.2) is 22.2 Å². The summed E-state index contributed by atoms with van der Waals surface area (Å²) in [5, 5.41) is 19.9. The van der Waals surface area contributed by atoms with Crippen LogP contribution >= 0.6 is 11.3 Å². The highest BCUT2D eigenvalue weighted by molar-refractivity contribution is 7.13. The molecule has 0 unspecified atom stereocenters. The fourth-order valence-electron chi connectivity index (χ4n) is 1.18. The minimum Gasteiger partial charge on any atom is -0.423 e. The number of aromatic nitrogens is 1. The van der Waals surface area contributed by atoms with Crippen LogP contribution in [0.2, 0.25) is 0 Å². The van der Waals surface area contributed by atoms with E-state index < -0.39 is 7.12 Å². The first-order chi connectivity index (χ1) is 6.77. The molecule has 0 aliphatic heterocycles. The lowest BCUT2D eigenvalue weighted by atomic mass is 9.81. The monoisotopic (exact) mass is 205 g/mol. The molecule has 0 aliphatic carbocycles. The van der Waals surface area contributed by atoms with E-state index in [0.717, 1.165) is 10.4 Å². The van der Waals surface area contributed by atoms with Crippen molar-refractivity contribution in [2.24, 2.45) is 0 Å². The summed E-state index contributed by atoms with van der Waals surface area (Å²) in [6.45, 7) is 0. The molecule has 2 heterocycles. The molecule has 0 fully saturated rings. The third kappa shape index (κ3) is 1.84. The molecule has 0 atom stereocenters. The largest absolute Gasteiger partial charge is 0.490 e. The standard InChI is InChI=1S/C9H8BNO2S/c12-10(13)8-4-7(5-11-6-8)9-2-1-3-14-9/h1-6,12-13H. The lowest BCUT2D eigenvalue weighted by Crippen LogP contribution is -2.30. The molecule has 0 radical (unpaired) electrons. The van der Waals surface area contributed by atoms with Crippen LogP contribution in [0.15, 0.2) is 36.0 Å². The molecule has 2 rings (SSSR count). The fraction of sp³-hybridized carbons (Fsp3) is 0. The molecule has 0 saturated carbocycles. The summed E-state index contributed by atoms with van der Waals surface area (Å²) in [5.41, 5.74) is 1.32. The number of thiophene rings is 1. The van der Waals surface area contributed by atoms with Gasteiger partial charge in [-0.1, -0.05) is 12.1 Å². The zero-order valence-corrected chi connectivity index (χ0v) is 8.11. The van der Waals surface area contributed by atoms with Gasteiger partial charge in [0.25, 0.3) is 0 Å². The smallest absolute Gasteiger partial charge is 0.423 e. The van der Waals surface area contributed by atoms with Gasteiger partial charge >= 0.3 is 7.12 Å². The molecule has 0 bridgehead atoms.